The summed E-state index contributed by atoms with van der Waals surface area (Å²) in [5.74, 6) is 1.36. The molecule has 0 amide bonds. The Bertz CT molecular complexity index is 297. The fraction of sp³-hybridized carbons (Fsp3) is 0.727. The molecule has 0 aromatic carbocycles. The average Bonchev–Trinajstić information content (AvgIpc) is 2.76. The number of aromatic nitrogens is 1. The second-order valence-corrected chi connectivity index (χ2v) is 5.12. The van der Waals surface area contributed by atoms with E-state index in [0.717, 1.165) is 44.8 Å². The van der Waals surface area contributed by atoms with Gasteiger partial charge in [0.05, 0.1) is 10.7 Å². The van der Waals surface area contributed by atoms with Gasteiger partial charge in [-0.25, -0.2) is 4.98 Å². The molecule has 1 aliphatic rings. The molecule has 0 radical (unpaired) electrons. The number of rotatable bonds is 4. The van der Waals surface area contributed by atoms with Crippen LogP contribution in [0.3, 0.4) is 0 Å². The second kappa shape index (κ2) is 5.83. The number of alkyl halides is 1. The number of ether oxygens (including phenoxy) is 1. The lowest BCUT2D eigenvalue weighted by Gasteiger charge is -2.19. The second-order valence-electron chi connectivity index (χ2n) is 3.86. The van der Waals surface area contributed by atoms with E-state index in [4.69, 9.17) is 16.3 Å². The van der Waals surface area contributed by atoms with Crippen molar-refractivity contribution < 1.29 is 4.74 Å². The van der Waals surface area contributed by atoms with Crippen molar-refractivity contribution in [2.75, 3.05) is 19.1 Å². The summed E-state index contributed by atoms with van der Waals surface area (Å²) in [7, 11) is 0. The van der Waals surface area contributed by atoms with E-state index in [1.54, 1.807) is 11.3 Å². The minimum Gasteiger partial charge on any atom is -0.381 e. The van der Waals surface area contributed by atoms with E-state index in [2.05, 4.69) is 10.4 Å². The zero-order valence-electron chi connectivity index (χ0n) is 8.75. The normalized spacial score (nSPS) is 18.2. The molecule has 84 valence electrons. The summed E-state index contributed by atoms with van der Waals surface area (Å²) in [6.45, 7) is 1.78. The molecule has 0 unspecified atom stereocenters. The molecular weight excluding hydrogens is 230 g/mol. The van der Waals surface area contributed by atoms with Crippen molar-refractivity contribution in [2.24, 2.45) is 0 Å². The van der Waals surface area contributed by atoms with Crippen LogP contribution in [0.15, 0.2) is 5.38 Å². The van der Waals surface area contributed by atoms with E-state index in [1.807, 2.05) is 0 Å². The smallest absolute Gasteiger partial charge is 0.0960 e. The molecule has 2 heterocycles. The molecule has 1 fully saturated rings. The van der Waals surface area contributed by atoms with Gasteiger partial charge in [-0.3, -0.25) is 0 Å². The number of thiazole rings is 1. The van der Waals surface area contributed by atoms with Gasteiger partial charge in [0.1, 0.15) is 0 Å². The van der Waals surface area contributed by atoms with Crippen LogP contribution in [-0.4, -0.2) is 24.1 Å². The van der Waals surface area contributed by atoms with Crippen LogP contribution in [0.25, 0.3) is 0 Å². The molecule has 2 nitrogen and oxygen atoms in total. The molecule has 0 spiro atoms. The van der Waals surface area contributed by atoms with Gasteiger partial charge < -0.3 is 4.74 Å². The lowest BCUT2D eigenvalue weighted by Crippen LogP contribution is -2.13. The summed E-state index contributed by atoms with van der Waals surface area (Å²) in [6.07, 6.45) is 4.30. The van der Waals surface area contributed by atoms with Crippen LogP contribution in [0, 0.1) is 0 Å². The molecule has 4 heteroatoms. The molecule has 0 aliphatic carbocycles. The maximum atomic E-state index is 5.67. The predicted octanol–water partition coefficient (Wildman–Crippen LogP) is 3.21. The summed E-state index contributed by atoms with van der Waals surface area (Å²) >= 11 is 7.46. The standard InChI is InChI=1S/C11H16ClNOS/c12-5-1-2-10-8-15-11(13-10)9-3-6-14-7-4-9/h8-9H,1-7H2. The van der Waals surface area contributed by atoms with Crippen LogP contribution in [-0.2, 0) is 11.2 Å². The van der Waals surface area contributed by atoms with Crippen molar-refractivity contribution in [3.63, 3.8) is 0 Å². The van der Waals surface area contributed by atoms with Crippen molar-refractivity contribution in [2.45, 2.75) is 31.6 Å². The van der Waals surface area contributed by atoms with Crippen molar-refractivity contribution in [1.29, 1.82) is 0 Å². The van der Waals surface area contributed by atoms with E-state index in [9.17, 15) is 0 Å². The van der Waals surface area contributed by atoms with Gasteiger partial charge in [0.25, 0.3) is 0 Å². The number of hydrogen-bond acceptors (Lipinski definition) is 3. The van der Waals surface area contributed by atoms with E-state index in [1.165, 1.54) is 10.7 Å². The summed E-state index contributed by atoms with van der Waals surface area (Å²) < 4.78 is 5.35. The number of aryl methyl sites for hydroxylation is 1. The van der Waals surface area contributed by atoms with Gasteiger partial charge in [0, 0.05) is 30.4 Å². The van der Waals surface area contributed by atoms with Gasteiger partial charge >= 0.3 is 0 Å². The van der Waals surface area contributed by atoms with Crippen LogP contribution < -0.4 is 0 Å². The Labute approximate surface area is 99.6 Å². The molecular formula is C11H16ClNOS. The third kappa shape index (κ3) is 3.16. The zero-order valence-corrected chi connectivity index (χ0v) is 10.3. The first-order valence-electron chi connectivity index (χ1n) is 5.48. The van der Waals surface area contributed by atoms with Crippen molar-refractivity contribution in [3.05, 3.63) is 16.1 Å². The van der Waals surface area contributed by atoms with Gasteiger partial charge in [0.2, 0.25) is 0 Å². The molecule has 1 aromatic rings. The Morgan fingerprint density at radius 3 is 3.00 bits per heavy atom. The Balaban J connectivity index is 1.93. The molecule has 1 saturated heterocycles. The van der Waals surface area contributed by atoms with Gasteiger partial charge in [-0.15, -0.1) is 22.9 Å². The molecule has 0 bridgehead atoms. The highest BCUT2D eigenvalue weighted by Crippen LogP contribution is 2.29. The Morgan fingerprint density at radius 1 is 1.47 bits per heavy atom. The lowest BCUT2D eigenvalue weighted by molar-refractivity contribution is 0.0852. The highest BCUT2D eigenvalue weighted by Gasteiger charge is 2.18. The van der Waals surface area contributed by atoms with Crippen LogP contribution >= 0.6 is 22.9 Å². The zero-order chi connectivity index (χ0) is 10.5. The van der Waals surface area contributed by atoms with E-state index in [0.29, 0.717) is 5.92 Å². The fourth-order valence-corrected chi connectivity index (χ4v) is 2.98. The topological polar surface area (TPSA) is 22.1 Å². The Hall–Kier alpha value is -0.120. The first kappa shape index (κ1) is 11.4. The minimum absolute atomic E-state index is 0.633. The van der Waals surface area contributed by atoms with Crippen molar-refractivity contribution >= 4 is 22.9 Å². The number of hydrogen-bond donors (Lipinski definition) is 0. The molecule has 1 aliphatic heterocycles. The van der Waals surface area contributed by atoms with Crippen LogP contribution in [0.1, 0.15) is 35.9 Å². The summed E-state index contributed by atoms with van der Waals surface area (Å²) in [4.78, 5) is 4.68. The van der Waals surface area contributed by atoms with E-state index < -0.39 is 0 Å². The summed E-state index contributed by atoms with van der Waals surface area (Å²) in [5.41, 5.74) is 1.21. The predicted molar refractivity (Wildman–Crippen MR) is 63.9 cm³/mol. The first-order valence-corrected chi connectivity index (χ1v) is 6.89. The van der Waals surface area contributed by atoms with Gasteiger partial charge in [0.15, 0.2) is 0 Å². The first-order chi connectivity index (χ1) is 7.40. The highest BCUT2D eigenvalue weighted by molar-refractivity contribution is 7.09. The van der Waals surface area contributed by atoms with Crippen LogP contribution in [0.2, 0.25) is 0 Å². The SMILES string of the molecule is ClCCCc1csc(C2CCOCC2)n1. The average molecular weight is 246 g/mol. The number of nitrogens with zero attached hydrogens (tertiary/aromatic N) is 1. The van der Waals surface area contributed by atoms with E-state index in [-0.39, 0.29) is 0 Å². The largest absolute Gasteiger partial charge is 0.381 e. The Morgan fingerprint density at radius 2 is 2.27 bits per heavy atom. The molecule has 15 heavy (non-hydrogen) atoms. The van der Waals surface area contributed by atoms with Crippen molar-refractivity contribution in [3.8, 4) is 0 Å². The monoisotopic (exact) mass is 245 g/mol. The molecule has 0 N–H and O–H groups in total. The molecule has 2 rings (SSSR count). The third-order valence-electron chi connectivity index (χ3n) is 2.71. The molecule has 1 aromatic heterocycles. The quantitative estimate of drug-likeness (QED) is 0.760. The third-order valence-corrected chi connectivity index (χ3v) is 4.03. The Kier molecular flexibility index (Phi) is 4.42. The summed E-state index contributed by atoms with van der Waals surface area (Å²) in [5, 5.41) is 3.47. The van der Waals surface area contributed by atoms with Gasteiger partial charge in [-0.1, -0.05) is 0 Å². The maximum absolute atomic E-state index is 5.67. The van der Waals surface area contributed by atoms with Crippen molar-refractivity contribution in [1.82, 2.24) is 4.98 Å². The highest BCUT2D eigenvalue weighted by atomic mass is 35.5. The summed E-state index contributed by atoms with van der Waals surface area (Å²) in [6, 6.07) is 0. The van der Waals surface area contributed by atoms with Crippen LogP contribution in [0.4, 0.5) is 0 Å². The van der Waals surface area contributed by atoms with E-state index >= 15 is 0 Å². The van der Waals surface area contributed by atoms with Crippen LogP contribution in [0.5, 0.6) is 0 Å². The molecule has 0 saturated carbocycles. The van der Waals surface area contributed by atoms with Gasteiger partial charge in [-0.2, -0.15) is 0 Å². The molecule has 0 atom stereocenters. The number of halogens is 1. The lowest BCUT2D eigenvalue weighted by atomic mass is 10.0. The van der Waals surface area contributed by atoms with Gasteiger partial charge in [-0.05, 0) is 25.7 Å². The minimum atomic E-state index is 0.633. The maximum Gasteiger partial charge on any atom is 0.0960 e. The fourth-order valence-electron chi connectivity index (χ4n) is 1.82.